The first-order chi connectivity index (χ1) is 10.1. The van der Waals surface area contributed by atoms with Crippen LogP contribution in [0.15, 0.2) is 18.2 Å². The minimum atomic E-state index is -0.0835. The fourth-order valence-electron chi connectivity index (χ4n) is 2.51. The van der Waals surface area contributed by atoms with Crippen LogP contribution in [0.3, 0.4) is 0 Å². The van der Waals surface area contributed by atoms with Gasteiger partial charge in [-0.3, -0.25) is 4.90 Å². The SMILES string of the molecule is CCCN(CCC)Cc1cc(CNCC(C)C)ccc1F. The molecule has 0 saturated heterocycles. The van der Waals surface area contributed by atoms with Crippen molar-refractivity contribution in [1.82, 2.24) is 10.2 Å². The van der Waals surface area contributed by atoms with Gasteiger partial charge in [0, 0.05) is 18.7 Å². The summed E-state index contributed by atoms with van der Waals surface area (Å²) in [6, 6.07) is 5.51. The Hall–Kier alpha value is -0.930. The molecule has 3 heteroatoms. The van der Waals surface area contributed by atoms with Crippen LogP contribution in [0.5, 0.6) is 0 Å². The summed E-state index contributed by atoms with van der Waals surface area (Å²) in [5, 5.41) is 3.42. The summed E-state index contributed by atoms with van der Waals surface area (Å²) in [5.74, 6) is 0.550. The van der Waals surface area contributed by atoms with E-state index in [1.807, 2.05) is 12.1 Å². The second kappa shape index (κ2) is 9.91. The highest BCUT2D eigenvalue weighted by Crippen LogP contribution is 2.14. The van der Waals surface area contributed by atoms with E-state index >= 15 is 0 Å². The molecule has 1 aromatic carbocycles. The molecule has 0 heterocycles. The molecule has 0 fully saturated rings. The van der Waals surface area contributed by atoms with Crippen molar-refractivity contribution in [1.29, 1.82) is 0 Å². The monoisotopic (exact) mass is 294 g/mol. The van der Waals surface area contributed by atoms with Crippen LogP contribution in [0.4, 0.5) is 4.39 Å². The second-order valence-corrected chi connectivity index (χ2v) is 6.23. The van der Waals surface area contributed by atoms with Crippen LogP contribution in [-0.2, 0) is 13.1 Å². The van der Waals surface area contributed by atoms with Crippen molar-refractivity contribution in [3.05, 3.63) is 35.1 Å². The van der Waals surface area contributed by atoms with Gasteiger partial charge in [-0.2, -0.15) is 0 Å². The molecule has 0 spiro atoms. The van der Waals surface area contributed by atoms with Crippen molar-refractivity contribution in [2.45, 2.75) is 53.6 Å². The van der Waals surface area contributed by atoms with Crippen LogP contribution in [0.25, 0.3) is 0 Å². The molecule has 21 heavy (non-hydrogen) atoms. The molecular formula is C18H31FN2. The zero-order valence-corrected chi connectivity index (χ0v) is 14.1. The van der Waals surface area contributed by atoms with Gasteiger partial charge in [0.1, 0.15) is 5.82 Å². The Balaban J connectivity index is 2.67. The Morgan fingerprint density at radius 2 is 1.81 bits per heavy atom. The molecule has 0 aliphatic rings. The average Bonchev–Trinajstić information content (AvgIpc) is 2.42. The zero-order valence-electron chi connectivity index (χ0n) is 14.1. The van der Waals surface area contributed by atoms with Gasteiger partial charge in [-0.25, -0.2) is 4.39 Å². The van der Waals surface area contributed by atoms with E-state index in [1.165, 1.54) is 5.56 Å². The van der Waals surface area contributed by atoms with E-state index in [2.05, 4.69) is 37.9 Å². The highest BCUT2D eigenvalue weighted by atomic mass is 19.1. The van der Waals surface area contributed by atoms with E-state index in [0.29, 0.717) is 12.5 Å². The van der Waals surface area contributed by atoms with Gasteiger partial charge in [-0.15, -0.1) is 0 Å². The van der Waals surface area contributed by atoms with Crippen molar-refractivity contribution in [3.8, 4) is 0 Å². The maximum absolute atomic E-state index is 14.0. The third-order valence-corrected chi connectivity index (χ3v) is 3.47. The normalized spacial score (nSPS) is 11.6. The summed E-state index contributed by atoms with van der Waals surface area (Å²) in [5.41, 5.74) is 1.99. The second-order valence-electron chi connectivity index (χ2n) is 6.23. The largest absolute Gasteiger partial charge is 0.312 e. The highest BCUT2D eigenvalue weighted by Gasteiger charge is 2.09. The Labute approximate surface area is 129 Å². The third-order valence-electron chi connectivity index (χ3n) is 3.47. The van der Waals surface area contributed by atoms with Crippen LogP contribution in [0, 0.1) is 11.7 Å². The Kier molecular flexibility index (Phi) is 8.55. The van der Waals surface area contributed by atoms with Crippen molar-refractivity contribution in [2.24, 2.45) is 5.92 Å². The van der Waals surface area contributed by atoms with Crippen LogP contribution in [-0.4, -0.2) is 24.5 Å². The standard InChI is InChI=1S/C18H31FN2/c1-5-9-21(10-6-2)14-17-11-16(7-8-18(17)19)13-20-12-15(3)4/h7-8,11,15,20H,5-6,9-10,12-14H2,1-4H3. The lowest BCUT2D eigenvalue weighted by Crippen LogP contribution is -2.25. The van der Waals surface area contributed by atoms with Gasteiger partial charge in [0.2, 0.25) is 0 Å². The van der Waals surface area contributed by atoms with Gasteiger partial charge >= 0.3 is 0 Å². The van der Waals surface area contributed by atoms with Crippen molar-refractivity contribution >= 4 is 0 Å². The average molecular weight is 294 g/mol. The summed E-state index contributed by atoms with van der Waals surface area (Å²) < 4.78 is 14.0. The van der Waals surface area contributed by atoms with Crippen LogP contribution < -0.4 is 5.32 Å². The maximum atomic E-state index is 14.0. The lowest BCUT2D eigenvalue weighted by molar-refractivity contribution is 0.262. The molecule has 0 atom stereocenters. The molecule has 0 unspecified atom stereocenters. The number of hydrogen-bond donors (Lipinski definition) is 1. The number of hydrogen-bond acceptors (Lipinski definition) is 2. The summed E-state index contributed by atoms with van der Waals surface area (Å²) in [6.45, 7) is 13.3. The molecule has 1 N–H and O–H groups in total. The number of halogens is 1. The first kappa shape index (κ1) is 18.1. The van der Waals surface area contributed by atoms with Gasteiger partial charge in [0.05, 0.1) is 0 Å². The molecule has 0 amide bonds. The van der Waals surface area contributed by atoms with Gasteiger partial charge in [-0.05, 0) is 50.0 Å². The first-order valence-electron chi connectivity index (χ1n) is 8.27. The van der Waals surface area contributed by atoms with Crippen LogP contribution in [0.1, 0.15) is 51.7 Å². The smallest absolute Gasteiger partial charge is 0.127 e. The van der Waals surface area contributed by atoms with Gasteiger partial charge in [0.15, 0.2) is 0 Å². The Bertz CT molecular complexity index is 398. The predicted molar refractivity (Wildman–Crippen MR) is 88.8 cm³/mol. The Morgan fingerprint density at radius 1 is 1.14 bits per heavy atom. The molecule has 0 radical (unpaired) electrons. The molecule has 0 aromatic heterocycles. The third kappa shape index (κ3) is 7.05. The van der Waals surface area contributed by atoms with Gasteiger partial charge in [-0.1, -0.05) is 39.8 Å². The van der Waals surface area contributed by atoms with Crippen molar-refractivity contribution in [2.75, 3.05) is 19.6 Å². The van der Waals surface area contributed by atoms with Crippen molar-refractivity contribution in [3.63, 3.8) is 0 Å². The zero-order chi connectivity index (χ0) is 15.7. The van der Waals surface area contributed by atoms with E-state index in [9.17, 15) is 4.39 Å². The Morgan fingerprint density at radius 3 is 2.38 bits per heavy atom. The fourth-order valence-corrected chi connectivity index (χ4v) is 2.51. The molecule has 120 valence electrons. The van der Waals surface area contributed by atoms with E-state index in [4.69, 9.17) is 0 Å². The molecule has 0 aliphatic heterocycles. The number of rotatable bonds is 10. The number of nitrogens with one attached hydrogen (secondary N) is 1. The topological polar surface area (TPSA) is 15.3 Å². The molecule has 2 nitrogen and oxygen atoms in total. The van der Waals surface area contributed by atoms with E-state index in [0.717, 1.165) is 44.6 Å². The molecular weight excluding hydrogens is 263 g/mol. The molecule has 1 aromatic rings. The lowest BCUT2D eigenvalue weighted by Gasteiger charge is -2.21. The van der Waals surface area contributed by atoms with Gasteiger partial charge < -0.3 is 5.32 Å². The van der Waals surface area contributed by atoms with Gasteiger partial charge in [0.25, 0.3) is 0 Å². The first-order valence-corrected chi connectivity index (χ1v) is 8.27. The van der Waals surface area contributed by atoms with Crippen LogP contribution >= 0.6 is 0 Å². The molecule has 0 saturated carbocycles. The summed E-state index contributed by atoms with van der Waals surface area (Å²) in [7, 11) is 0. The van der Waals surface area contributed by atoms with Crippen molar-refractivity contribution < 1.29 is 4.39 Å². The quantitative estimate of drug-likeness (QED) is 0.696. The van der Waals surface area contributed by atoms with Crippen LogP contribution in [0.2, 0.25) is 0 Å². The van der Waals surface area contributed by atoms with E-state index in [-0.39, 0.29) is 5.82 Å². The summed E-state index contributed by atoms with van der Waals surface area (Å²) in [4.78, 5) is 2.34. The summed E-state index contributed by atoms with van der Waals surface area (Å²) >= 11 is 0. The predicted octanol–water partition coefficient (Wildman–Crippen LogP) is 4.19. The molecule has 0 aliphatic carbocycles. The fraction of sp³-hybridized carbons (Fsp3) is 0.667. The van der Waals surface area contributed by atoms with E-state index in [1.54, 1.807) is 6.07 Å². The molecule has 1 rings (SSSR count). The maximum Gasteiger partial charge on any atom is 0.127 e. The number of benzene rings is 1. The lowest BCUT2D eigenvalue weighted by atomic mass is 10.1. The minimum Gasteiger partial charge on any atom is -0.312 e. The van der Waals surface area contributed by atoms with E-state index < -0.39 is 0 Å². The molecule has 0 bridgehead atoms. The summed E-state index contributed by atoms with van der Waals surface area (Å²) in [6.07, 6.45) is 2.22. The highest BCUT2D eigenvalue weighted by molar-refractivity contribution is 5.25. The minimum absolute atomic E-state index is 0.0835. The number of nitrogens with zero attached hydrogens (tertiary/aromatic N) is 1.